The smallest absolute Gasteiger partial charge is 0.133 e. The van der Waals surface area contributed by atoms with E-state index in [2.05, 4.69) is 104 Å². The number of rotatable bonds is 13. The van der Waals surface area contributed by atoms with Crippen molar-refractivity contribution in [1.29, 1.82) is 0 Å². The maximum absolute atomic E-state index is 12.9. The van der Waals surface area contributed by atoms with Crippen LogP contribution in [0, 0.1) is 5.92 Å². The minimum Gasteiger partial charge on any atom is -0.492 e. The van der Waals surface area contributed by atoms with Gasteiger partial charge in [-0.05, 0) is 72.8 Å². The molecule has 1 aliphatic carbocycles. The number of ether oxygens (including phenoxy) is 1. The molecular weight excluding hydrogens is 466 g/mol. The van der Waals surface area contributed by atoms with Crippen LogP contribution in [0.25, 0.3) is 11.1 Å². The Hall–Kier alpha value is -3.17. The summed E-state index contributed by atoms with van der Waals surface area (Å²) < 4.78 is 5.96. The molecular formula is C35H43NO2. The number of carbonyl (C=O) groups excluding carboxylic acids is 1. The fourth-order valence-electron chi connectivity index (χ4n) is 5.51. The molecule has 200 valence electrons. The first-order valence-electron chi connectivity index (χ1n) is 14.3. The summed E-state index contributed by atoms with van der Waals surface area (Å²) in [6.45, 7) is 1.55. The first-order chi connectivity index (χ1) is 18.6. The molecule has 0 spiro atoms. The third-order valence-electron chi connectivity index (χ3n) is 7.56. The zero-order chi connectivity index (χ0) is 26.6. The van der Waals surface area contributed by atoms with Crippen LogP contribution in [0.4, 0.5) is 0 Å². The number of Topliss-reactive ketones (excluding diaryl/α,β-unsaturated/α-hetero) is 1. The normalized spacial score (nSPS) is 14.8. The van der Waals surface area contributed by atoms with Crippen LogP contribution >= 0.6 is 0 Å². The Morgan fingerprint density at radius 1 is 0.763 bits per heavy atom. The molecule has 3 heteroatoms. The van der Waals surface area contributed by atoms with Crippen molar-refractivity contribution in [2.75, 3.05) is 27.2 Å². The van der Waals surface area contributed by atoms with Crippen LogP contribution in [0.5, 0.6) is 5.75 Å². The van der Waals surface area contributed by atoms with E-state index in [-0.39, 0.29) is 0 Å². The lowest BCUT2D eigenvalue weighted by atomic mass is 9.84. The largest absolute Gasteiger partial charge is 0.492 e. The van der Waals surface area contributed by atoms with Crippen LogP contribution in [0.2, 0.25) is 0 Å². The van der Waals surface area contributed by atoms with E-state index >= 15 is 0 Å². The highest BCUT2D eigenvalue weighted by Crippen LogP contribution is 2.36. The average Bonchev–Trinajstić information content (AvgIpc) is 2.94. The zero-order valence-electron chi connectivity index (χ0n) is 23.2. The van der Waals surface area contributed by atoms with Gasteiger partial charge < -0.3 is 9.64 Å². The van der Waals surface area contributed by atoms with E-state index in [4.69, 9.17) is 4.74 Å². The van der Waals surface area contributed by atoms with Gasteiger partial charge in [-0.25, -0.2) is 0 Å². The van der Waals surface area contributed by atoms with Gasteiger partial charge in [-0.2, -0.15) is 0 Å². The maximum atomic E-state index is 12.9. The van der Waals surface area contributed by atoms with Crippen LogP contribution in [-0.2, 0) is 4.79 Å². The summed E-state index contributed by atoms with van der Waals surface area (Å²) in [5, 5.41) is 0. The van der Waals surface area contributed by atoms with Crippen LogP contribution in [0.3, 0.4) is 0 Å². The molecule has 0 bridgehead atoms. The quantitative estimate of drug-likeness (QED) is 0.217. The highest BCUT2D eigenvalue weighted by Gasteiger charge is 2.18. The van der Waals surface area contributed by atoms with Gasteiger partial charge in [0, 0.05) is 19.4 Å². The highest BCUT2D eigenvalue weighted by molar-refractivity contribution is 5.98. The molecule has 3 nitrogen and oxygen atoms in total. The minimum atomic E-state index is 0.435. The number of hydrogen-bond acceptors (Lipinski definition) is 3. The summed E-state index contributed by atoms with van der Waals surface area (Å²) in [5.41, 5.74) is 6.11. The Kier molecular flexibility index (Phi) is 10.8. The number of benzene rings is 3. The lowest BCUT2D eigenvalue weighted by molar-refractivity contribution is -0.120. The molecule has 0 atom stereocenters. The maximum Gasteiger partial charge on any atom is 0.133 e. The second-order valence-electron chi connectivity index (χ2n) is 10.9. The Labute approximate surface area is 229 Å². The molecule has 3 aromatic carbocycles. The molecule has 0 amide bonds. The summed E-state index contributed by atoms with van der Waals surface area (Å²) in [6.07, 6.45) is 9.54. The first-order valence-corrected chi connectivity index (χ1v) is 14.3. The van der Waals surface area contributed by atoms with Crippen molar-refractivity contribution < 1.29 is 9.53 Å². The number of likely N-dealkylation sites (N-methyl/N-ethyl adjacent to an activating group) is 1. The van der Waals surface area contributed by atoms with Gasteiger partial charge in [-0.15, -0.1) is 0 Å². The summed E-state index contributed by atoms with van der Waals surface area (Å²) in [4.78, 5) is 15.0. The van der Waals surface area contributed by atoms with Crippen molar-refractivity contribution in [2.45, 2.75) is 57.8 Å². The van der Waals surface area contributed by atoms with Crippen molar-refractivity contribution in [1.82, 2.24) is 4.90 Å². The number of carbonyl (C=O) groups is 1. The van der Waals surface area contributed by atoms with E-state index in [1.54, 1.807) is 0 Å². The monoisotopic (exact) mass is 509 g/mol. The molecule has 1 saturated carbocycles. The molecule has 0 saturated heterocycles. The fraction of sp³-hybridized carbons (Fsp3) is 0.400. The second kappa shape index (κ2) is 14.7. The molecule has 1 fully saturated rings. The van der Waals surface area contributed by atoms with Crippen molar-refractivity contribution in [2.24, 2.45) is 5.92 Å². The molecule has 4 rings (SSSR count). The number of ketones is 1. The van der Waals surface area contributed by atoms with Gasteiger partial charge in [0.2, 0.25) is 0 Å². The summed E-state index contributed by atoms with van der Waals surface area (Å²) >= 11 is 0. The number of nitrogens with zero attached hydrogens (tertiary/aromatic N) is 1. The fourth-order valence-corrected chi connectivity index (χ4v) is 5.51. The molecule has 0 radical (unpaired) electrons. The Bertz CT molecular complexity index is 1140. The molecule has 1 aliphatic rings. The van der Waals surface area contributed by atoms with E-state index in [0.29, 0.717) is 24.7 Å². The van der Waals surface area contributed by atoms with Gasteiger partial charge in [0.25, 0.3) is 0 Å². The molecule has 38 heavy (non-hydrogen) atoms. The van der Waals surface area contributed by atoms with E-state index in [1.165, 1.54) is 59.9 Å². The Morgan fingerprint density at radius 3 is 2.00 bits per heavy atom. The van der Waals surface area contributed by atoms with E-state index in [0.717, 1.165) is 31.6 Å². The second-order valence-corrected chi connectivity index (χ2v) is 10.9. The third kappa shape index (κ3) is 8.43. The van der Waals surface area contributed by atoms with E-state index < -0.39 is 0 Å². The van der Waals surface area contributed by atoms with Gasteiger partial charge in [-0.1, -0.05) is 105 Å². The number of allylic oxidation sites excluding steroid dienone is 1. The van der Waals surface area contributed by atoms with Crippen molar-refractivity contribution in [3.05, 3.63) is 102 Å². The predicted molar refractivity (Wildman–Crippen MR) is 159 cm³/mol. The molecule has 0 unspecified atom stereocenters. The van der Waals surface area contributed by atoms with Gasteiger partial charge in [0.1, 0.15) is 18.1 Å². The Balaban J connectivity index is 1.59. The van der Waals surface area contributed by atoms with Crippen molar-refractivity contribution >= 4 is 16.9 Å². The van der Waals surface area contributed by atoms with Crippen LogP contribution in [0.15, 0.2) is 84.9 Å². The average molecular weight is 510 g/mol. The third-order valence-corrected chi connectivity index (χ3v) is 7.56. The summed E-state index contributed by atoms with van der Waals surface area (Å²) in [6, 6.07) is 29.8. The van der Waals surface area contributed by atoms with Gasteiger partial charge >= 0.3 is 0 Å². The highest BCUT2D eigenvalue weighted by atomic mass is 16.5. The standard InChI is InChI=1S/C35H43NO2/c1-36(2)25-26-38-33-23-21-31(22-24-33)35(30-17-10-5-11-18-30)34(29-15-8-4-9-16-29)20-12-19-32(37)27-28-13-6-3-7-14-28/h4-5,8-11,15-18,21-24,28H,3,6-7,12-14,19-20,25-27H2,1-2H3/b35-34-. The first kappa shape index (κ1) is 27.9. The predicted octanol–water partition coefficient (Wildman–Crippen LogP) is 8.30. The van der Waals surface area contributed by atoms with Crippen LogP contribution in [-0.4, -0.2) is 37.9 Å². The lowest BCUT2D eigenvalue weighted by Gasteiger charge is -2.21. The van der Waals surface area contributed by atoms with Crippen molar-refractivity contribution in [3.63, 3.8) is 0 Å². The molecule has 0 aliphatic heterocycles. The zero-order valence-corrected chi connectivity index (χ0v) is 23.2. The summed E-state index contributed by atoms with van der Waals surface area (Å²) in [5.74, 6) is 1.93. The molecule has 0 N–H and O–H groups in total. The van der Waals surface area contributed by atoms with Crippen LogP contribution in [0.1, 0.15) is 74.5 Å². The van der Waals surface area contributed by atoms with E-state index in [9.17, 15) is 4.79 Å². The van der Waals surface area contributed by atoms with Gasteiger partial charge in [-0.3, -0.25) is 4.79 Å². The van der Waals surface area contributed by atoms with E-state index in [1.807, 2.05) is 0 Å². The number of hydrogen-bond donors (Lipinski definition) is 0. The minimum absolute atomic E-state index is 0.435. The van der Waals surface area contributed by atoms with Crippen LogP contribution < -0.4 is 4.74 Å². The SMILES string of the molecule is CN(C)CCOc1ccc(/C(=C(/CCCC(=O)CC2CCCCC2)c2ccccc2)c2ccccc2)cc1. The Morgan fingerprint density at radius 2 is 1.37 bits per heavy atom. The van der Waals surface area contributed by atoms with Crippen molar-refractivity contribution in [3.8, 4) is 5.75 Å². The topological polar surface area (TPSA) is 29.5 Å². The van der Waals surface area contributed by atoms with Gasteiger partial charge in [0.05, 0.1) is 0 Å². The molecule has 0 aromatic heterocycles. The van der Waals surface area contributed by atoms with Gasteiger partial charge in [0.15, 0.2) is 0 Å². The molecule has 0 heterocycles. The lowest BCUT2D eigenvalue weighted by Crippen LogP contribution is -2.19. The summed E-state index contributed by atoms with van der Waals surface area (Å²) in [7, 11) is 4.11. The molecule has 3 aromatic rings.